The number of carbonyl (C=O) groups is 1. The minimum atomic E-state index is -1.21. The summed E-state index contributed by atoms with van der Waals surface area (Å²) in [6.45, 7) is 1.94. The van der Waals surface area contributed by atoms with Crippen LogP contribution in [0.2, 0.25) is 0 Å². The first-order valence-corrected chi connectivity index (χ1v) is 8.74. The summed E-state index contributed by atoms with van der Waals surface area (Å²) in [5.41, 5.74) is -0.554. The summed E-state index contributed by atoms with van der Waals surface area (Å²) in [5.74, 6) is 1.07. The smallest absolute Gasteiger partial charge is 0.261 e. The predicted molar refractivity (Wildman–Crippen MR) is 96.3 cm³/mol. The quantitative estimate of drug-likeness (QED) is 0.754. The van der Waals surface area contributed by atoms with Crippen molar-refractivity contribution in [2.75, 3.05) is 13.3 Å². The molecular formula is C19H17NO4S. The molecule has 128 valence electrons. The molecule has 5 nitrogen and oxygen atoms in total. The molecule has 1 atom stereocenters. The Morgan fingerprint density at radius 3 is 2.84 bits per heavy atom. The van der Waals surface area contributed by atoms with Crippen LogP contribution in [-0.2, 0) is 5.60 Å². The molecule has 0 bridgehead atoms. The van der Waals surface area contributed by atoms with E-state index in [1.807, 2.05) is 30.3 Å². The predicted octanol–water partition coefficient (Wildman–Crippen LogP) is 3.27. The fourth-order valence-corrected chi connectivity index (χ4v) is 3.75. The third-order valence-corrected chi connectivity index (χ3v) is 5.35. The number of thiophene rings is 1. The molecule has 0 saturated heterocycles. The van der Waals surface area contributed by atoms with Crippen molar-refractivity contribution in [3.63, 3.8) is 0 Å². The summed E-state index contributed by atoms with van der Waals surface area (Å²) in [6, 6.07) is 15.0. The molecule has 0 spiro atoms. The van der Waals surface area contributed by atoms with Crippen molar-refractivity contribution in [2.45, 2.75) is 12.5 Å². The summed E-state index contributed by atoms with van der Waals surface area (Å²) in [4.78, 5) is 13.1. The van der Waals surface area contributed by atoms with Gasteiger partial charge in [0.2, 0.25) is 6.79 Å². The van der Waals surface area contributed by atoms with E-state index >= 15 is 0 Å². The van der Waals surface area contributed by atoms with E-state index < -0.39 is 5.60 Å². The van der Waals surface area contributed by atoms with Crippen LogP contribution in [0.25, 0.3) is 10.1 Å². The van der Waals surface area contributed by atoms with E-state index in [1.54, 1.807) is 25.1 Å². The fraction of sp³-hybridized carbons (Fsp3) is 0.211. The molecule has 2 aromatic carbocycles. The van der Waals surface area contributed by atoms with E-state index in [1.165, 1.54) is 11.3 Å². The summed E-state index contributed by atoms with van der Waals surface area (Å²) < 4.78 is 11.7. The standard InChI is InChI=1S/C19H17NO4S/c1-19(22,13-6-7-14-15(9-13)24-11-23-14)10-20-18(21)17-8-12-4-2-3-5-16(12)25-17/h2-9,22H,10-11H2,1H3,(H,20,21)/t19-/m0/s1. The normalized spacial score (nSPS) is 15.1. The first-order chi connectivity index (χ1) is 12.0. The Balaban J connectivity index is 1.48. The van der Waals surface area contributed by atoms with E-state index in [-0.39, 0.29) is 19.2 Å². The van der Waals surface area contributed by atoms with Crippen molar-refractivity contribution in [2.24, 2.45) is 0 Å². The Morgan fingerprint density at radius 2 is 2.00 bits per heavy atom. The molecule has 0 radical (unpaired) electrons. The molecule has 3 aromatic rings. The van der Waals surface area contributed by atoms with Crippen molar-refractivity contribution >= 4 is 27.3 Å². The molecule has 2 N–H and O–H groups in total. The van der Waals surface area contributed by atoms with Gasteiger partial charge in [-0.3, -0.25) is 4.79 Å². The highest BCUT2D eigenvalue weighted by atomic mass is 32.1. The summed E-state index contributed by atoms with van der Waals surface area (Å²) >= 11 is 1.44. The molecule has 1 aromatic heterocycles. The molecule has 0 aliphatic carbocycles. The lowest BCUT2D eigenvalue weighted by Gasteiger charge is -2.24. The summed E-state index contributed by atoms with van der Waals surface area (Å²) in [7, 11) is 0. The maximum atomic E-state index is 12.4. The van der Waals surface area contributed by atoms with Gasteiger partial charge in [0, 0.05) is 4.70 Å². The van der Waals surface area contributed by atoms with Crippen LogP contribution in [0.3, 0.4) is 0 Å². The van der Waals surface area contributed by atoms with Crippen molar-refractivity contribution in [3.8, 4) is 11.5 Å². The molecule has 4 rings (SSSR count). The van der Waals surface area contributed by atoms with Gasteiger partial charge >= 0.3 is 0 Å². The number of hydrogen-bond acceptors (Lipinski definition) is 5. The SMILES string of the molecule is C[C@](O)(CNC(=O)c1cc2ccccc2s1)c1ccc2c(c1)OCO2. The van der Waals surface area contributed by atoms with Gasteiger partial charge in [0.1, 0.15) is 5.60 Å². The average Bonchev–Trinajstić information content (AvgIpc) is 3.25. The molecule has 0 saturated carbocycles. The van der Waals surface area contributed by atoms with E-state index in [2.05, 4.69) is 5.32 Å². The Morgan fingerprint density at radius 1 is 1.20 bits per heavy atom. The Bertz CT molecular complexity index is 915. The van der Waals surface area contributed by atoms with Gasteiger partial charge in [-0.25, -0.2) is 0 Å². The van der Waals surface area contributed by atoms with E-state index in [9.17, 15) is 9.90 Å². The maximum absolute atomic E-state index is 12.4. The molecule has 1 aliphatic heterocycles. The maximum Gasteiger partial charge on any atom is 0.261 e. The van der Waals surface area contributed by atoms with Gasteiger partial charge in [-0.15, -0.1) is 11.3 Å². The van der Waals surface area contributed by atoms with Crippen LogP contribution < -0.4 is 14.8 Å². The minimum Gasteiger partial charge on any atom is -0.454 e. The highest BCUT2D eigenvalue weighted by Gasteiger charge is 2.27. The number of aliphatic hydroxyl groups is 1. The van der Waals surface area contributed by atoms with Crippen molar-refractivity contribution in [1.82, 2.24) is 5.32 Å². The molecule has 2 heterocycles. The van der Waals surface area contributed by atoms with E-state index in [0.29, 0.717) is 21.9 Å². The lowest BCUT2D eigenvalue weighted by Crippen LogP contribution is -2.38. The van der Waals surface area contributed by atoms with Crippen LogP contribution in [0, 0.1) is 0 Å². The number of nitrogens with one attached hydrogen (secondary N) is 1. The first kappa shape index (κ1) is 15.9. The van der Waals surface area contributed by atoms with Gasteiger partial charge in [0.25, 0.3) is 5.91 Å². The fourth-order valence-electron chi connectivity index (χ4n) is 2.77. The number of ether oxygens (including phenoxy) is 2. The van der Waals surface area contributed by atoms with Crippen LogP contribution in [0.4, 0.5) is 0 Å². The highest BCUT2D eigenvalue weighted by Crippen LogP contribution is 2.35. The number of carbonyl (C=O) groups excluding carboxylic acids is 1. The lowest BCUT2D eigenvalue weighted by atomic mass is 9.95. The molecule has 1 aliphatic rings. The third kappa shape index (κ3) is 3.06. The van der Waals surface area contributed by atoms with Crippen LogP contribution >= 0.6 is 11.3 Å². The summed E-state index contributed by atoms with van der Waals surface area (Å²) in [5, 5.41) is 14.6. The second-order valence-corrected chi connectivity index (χ2v) is 7.26. The largest absolute Gasteiger partial charge is 0.454 e. The van der Waals surface area contributed by atoms with E-state index in [4.69, 9.17) is 9.47 Å². The number of amides is 1. The van der Waals surface area contributed by atoms with Crippen LogP contribution in [0.5, 0.6) is 11.5 Å². The number of rotatable bonds is 4. The second-order valence-electron chi connectivity index (χ2n) is 6.17. The van der Waals surface area contributed by atoms with Crippen LogP contribution in [0.1, 0.15) is 22.2 Å². The molecule has 25 heavy (non-hydrogen) atoms. The monoisotopic (exact) mass is 355 g/mol. The topological polar surface area (TPSA) is 67.8 Å². The molecular weight excluding hydrogens is 338 g/mol. The summed E-state index contributed by atoms with van der Waals surface area (Å²) in [6.07, 6.45) is 0. The zero-order valence-corrected chi connectivity index (χ0v) is 14.4. The van der Waals surface area contributed by atoms with Crippen molar-refractivity contribution in [3.05, 3.63) is 59.0 Å². The van der Waals surface area contributed by atoms with Gasteiger partial charge < -0.3 is 19.9 Å². The molecule has 0 fully saturated rings. The Hall–Kier alpha value is -2.57. The van der Waals surface area contributed by atoms with Crippen molar-refractivity contribution in [1.29, 1.82) is 0 Å². The number of hydrogen-bond donors (Lipinski definition) is 2. The minimum absolute atomic E-state index is 0.0969. The average molecular weight is 355 g/mol. The van der Waals surface area contributed by atoms with Gasteiger partial charge in [0.15, 0.2) is 11.5 Å². The number of fused-ring (bicyclic) bond motifs is 2. The Labute approximate surface area is 148 Å². The van der Waals surface area contributed by atoms with Gasteiger partial charge in [-0.2, -0.15) is 0 Å². The highest BCUT2D eigenvalue weighted by molar-refractivity contribution is 7.20. The Kier molecular flexibility index (Phi) is 3.86. The van der Waals surface area contributed by atoms with E-state index in [0.717, 1.165) is 10.1 Å². The van der Waals surface area contributed by atoms with Crippen molar-refractivity contribution < 1.29 is 19.4 Å². The third-order valence-electron chi connectivity index (χ3n) is 4.24. The zero-order chi connectivity index (χ0) is 17.4. The van der Waals surface area contributed by atoms with Crippen LogP contribution in [-0.4, -0.2) is 24.4 Å². The van der Waals surface area contributed by atoms with Gasteiger partial charge in [-0.1, -0.05) is 24.3 Å². The molecule has 1 amide bonds. The van der Waals surface area contributed by atoms with Gasteiger partial charge in [0.05, 0.1) is 11.4 Å². The molecule has 6 heteroatoms. The van der Waals surface area contributed by atoms with Crippen LogP contribution in [0.15, 0.2) is 48.5 Å². The van der Waals surface area contributed by atoms with Gasteiger partial charge in [-0.05, 0) is 42.1 Å². The lowest BCUT2D eigenvalue weighted by molar-refractivity contribution is 0.0526. The molecule has 0 unspecified atom stereocenters. The number of benzene rings is 2. The zero-order valence-electron chi connectivity index (χ0n) is 13.6. The second kappa shape index (κ2) is 6.06. The first-order valence-electron chi connectivity index (χ1n) is 7.92.